The van der Waals surface area contributed by atoms with E-state index in [1.165, 1.54) is 21.5 Å². The lowest BCUT2D eigenvalue weighted by Gasteiger charge is -2.28. The van der Waals surface area contributed by atoms with Gasteiger partial charge in [0.2, 0.25) is 0 Å². The molecule has 0 aromatic carbocycles. The molecule has 1 aromatic heterocycles. The predicted molar refractivity (Wildman–Crippen MR) is 67.1 cm³/mol. The topological polar surface area (TPSA) is 32.3 Å². The fourth-order valence-electron chi connectivity index (χ4n) is 2.03. The molecular weight excluding hydrogens is 274 g/mol. The van der Waals surface area contributed by atoms with Crippen LogP contribution in [0.1, 0.15) is 30.6 Å². The van der Waals surface area contributed by atoms with Gasteiger partial charge in [-0.1, -0.05) is 12.8 Å². The Morgan fingerprint density at radius 2 is 2.20 bits per heavy atom. The minimum absolute atomic E-state index is 0.151. The van der Waals surface area contributed by atoms with Crippen molar-refractivity contribution in [3.8, 4) is 0 Å². The molecule has 0 radical (unpaired) electrons. The molecule has 0 unspecified atom stereocenters. The molecule has 4 heteroatoms. The molecule has 0 amide bonds. The number of halogens is 1. The van der Waals surface area contributed by atoms with Gasteiger partial charge < -0.3 is 10.4 Å². The normalized spacial score (nSPS) is 26.8. The lowest BCUT2D eigenvalue weighted by atomic mass is 9.92. The molecule has 2 N–H and O–H groups in total. The summed E-state index contributed by atoms with van der Waals surface area (Å²) >= 11 is 5.20. The van der Waals surface area contributed by atoms with Crippen LogP contribution in [0.15, 0.2) is 15.9 Å². The molecule has 2 rings (SSSR count). The molecule has 0 saturated heterocycles. The average Bonchev–Trinajstić information content (AvgIpc) is 2.63. The first-order valence-corrected chi connectivity index (χ1v) is 7.02. The first-order chi connectivity index (χ1) is 7.25. The van der Waals surface area contributed by atoms with Crippen molar-refractivity contribution >= 4 is 27.3 Å². The minimum atomic E-state index is -0.151. The zero-order chi connectivity index (χ0) is 10.7. The van der Waals surface area contributed by atoms with Crippen LogP contribution in [-0.4, -0.2) is 17.3 Å². The quantitative estimate of drug-likeness (QED) is 0.897. The van der Waals surface area contributed by atoms with Gasteiger partial charge in [0.25, 0.3) is 0 Å². The number of aliphatic hydroxyl groups excluding tert-OH is 1. The number of hydrogen-bond donors (Lipinski definition) is 2. The molecule has 1 fully saturated rings. The van der Waals surface area contributed by atoms with Crippen LogP contribution < -0.4 is 5.32 Å². The fourth-order valence-corrected chi connectivity index (χ4v) is 3.46. The zero-order valence-corrected chi connectivity index (χ0v) is 11.0. The zero-order valence-electron chi connectivity index (χ0n) is 8.58. The van der Waals surface area contributed by atoms with Gasteiger partial charge in [0.05, 0.1) is 9.89 Å². The molecule has 15 heavy (non-hydrogen) atoms. The molecule has 2 atom stereocenters. The van der Waals surface area contributed by atoms with Gasteiger partial charge in [0.1, 0.15) is 0 Å². The number of hydrogen-bond acceptors (Lipinski definition) is 3. The number of thiophene rings is 1. The standard InChI is InChI=1S/C11H16BrNOS/c12-11-6-5-8(15-11)7-13-9-3-1-2-4-10(9)14/h5-6,9-10,13-14H,1-4,7H2/t9-,10-/m1/s1. The molecule has 0 spiro atoms. The van der Waals surface area contributed by atoms with Gasteiger partial charge in [-0.3, -0.25) is 0 Å². The van der Waals surface area contributed by atoms with Crippen molar-refractivity contribution < 1.29 is 5.11 Å². The van der Waals surface area contributed by atoms with Gasteiger partial charge in [-0.05, 0) is 40.9 Å². The van der Waals surface area contributed by atoms with E-state index >= 15 is 0 Å². The summed E-state index contributed by atoms with van der Waals surface area (Å²) in [5, 5.41) is 13.2. The van der Waals surface area contributed by atoms with E-state index in [4.69, 9.17) is 0 Å². The number of nitrogens with one attached hydrogen (secondary N) is 1. The first-order valence-electron chi connectivity index (χ1n) is 5.41. The summed E-state index contributed by atoms with van der Waals surface area (Å²) < 4.78 is 1.17. The van der Waals surface area contributed by atoms with Crippen molar-refractivity contribution in [2.24, 2.45) is 0 Å². The third-order valence-corrected chi connectivity index (χ3v) is 4.52. The van der Waals surface area contributed by atoms with Crippen LogP contribution in [0.2, 0.25) is 0 Å². The summed E-state index contributed by atoms with van der Waals surface area (Å²) in [5.41, 5.74) is 0. The van der Waals surface area contributed by atoms with Gasteiger partial charge in [0.15, 0.2) is 0 Å². The van der Waals surface area contributed by atoms with E-state index in [1.54, 1.807) is 11.3 Å². The summed E-state index contributed by atoms with van der Waals surface area (Å²) in [6.45, 7) is 0.873. The molecule has 0 aliphatic heterocycles. The third-order valence-electron chi connectivity index (χ3n) is 2.90. The van der Waals surface area contributed by atoms with Crippen molar-refractivity contribution in [1.82, 2.24) is 5.32 Å². The molecule has 1 aliphatic rings. The maximum absolute atomic E-state index is 9.78. The largest absolute Gasteiger partial charge is 0.392 e. The molecule has 0 bridgehead atoms. The lowest BCUT2D eigenvalue weighted by molar-refractivity contribution is 0.0904. The van der Waals surface area contributed by atoms with Crippen molar-refractivity contribution in [2.45, 2.75) is 44.4 Å². The predicted octanol–water partition coefficient (Wildman–Crippen LogP) is 2.90. The summed E-state index contributed by atoms with van der Waals surface area (Å²) in [7, 11) is 0. The molecule has 1 heterocycles. The van der Waals surface area contributed by atoms with E-state index < -0.39 is 0 Å². The molecule has 1 aliphatic carbocycles. The third kappa shape index (κ3) is 3.28. The average molecular weight is 290 g/mol. The highest BCUT2D eigenvalue weighted by molar-refractivity contribution is 9.11. The van der Waals surface area contributed by atoms with Crippen molar-refractivity contribution in [2.75, 3.05) is 0 Å². The Morgan fingerprint density at radius 1 is 1.40 bits per heavy atom. The molecule has 1 aromatic rings. The Labute approximate surface area is 103 Å². The molecular formula is C11H16BrNOS. The number of aliphatic hydroxyl groups is 1. The van der Waals surface area contributed by atoms with Crippen LogP contribution >= 0.6 is 27.3 Å². The van der Waals surface area contributed by atoms with E-state index in [9.17, 15) is 5.11 Å². The van der Waals surface area contributed by atoms with Crippen LogP contribution in [-0.2, 0) is 6.54 Å². The minimum Gasteiger partial charge on any atom is -0.392 e. The summed E-state index contributed by atoms with van der Waals surface area (Å²) in [6, 6.07) is 4.48. The second-order valence-electron chi connectivity index (χ2n) is 4.05. The van der Waals surface area contributed by atoms with Gasteiger partial charge in [-0.15, -0.1) is 11.3 Å². The van der Waals surface area contributed by atoms with Crippen LogP contribution in [0.5, 0.6) is 0 Å². The molecule has 1 saturated carbocycles. The van der Waals surface area contributed by atoms with E-state index in [2.05, 4.69) is 33.4 Å². The SMILES string of the molecule is O[C@@H]1CCCC[C@H]1NCc1ccc(Br)s1. The highest BCUT2D eigenvalue weighted by atomic mass is 79.9. The van der Waals surface area contributed by atoms with Crippen LogP contribution in [0.3, 0.4) is 0 Å². The maximum atomic E-state index is 9.78. The Hall–Kier alpha value is 0.1000. The Morgan fingerprint density at radius 3 is 2.87 bits per heavy atom. The summed E-state index contributed by atoms with van der Waals surface area (Å²) in [5.74, 6) is 0. The highest BCUT2D eigenvalue weighted by Crippen LogP contribution is 2.23. The summed E-state index contributed by atoms with van der Waals surface area (Å²) in [4.78, 5) is 1.32. The fraction of sp³-hybridized carbons (Fsp3) is 0.636. The van der Waals surface area contributed by atoms with E-state index in [1.807, 2.05) is 0 Å². The van der Waals surface area contributed by atoms with Crippen LogP contribution in [0, 0.1) is 0 Å². The van der Waals surface area contributed by atoms with Gasteiger partial charge in [-0.2, -0.15) is 0 Å². The summed E-state index contributed by atoms with van der Waals surface area (Å²) in [6.07, 6.45) is 4.31. The molecule has 84 valence electrons. The van der Waals surface area contributed by atoms with Gasteiger partial charge in [-0.25, -0.2) is 0 Å². The monoisotopic (exact) mass is 289 g/mol. The highest BCUT2D eigenvalue weighted by Gasteiger charge is 2.22. The van der Waals surface area contributed by atoms with Crippen LogP contribution in [0.4, 0.5) is 0 Å². The van der Waals surface area contributed by atoms with Crippen molar-refractivity contribution in [3.63, 3.8) is 0 Å². The molecule has 2 nitrogen and oxygen atoms in total. The van der Waals surface area contributed by atoms with Crippen molar-refractivity contribution in [1.29, 1.82) is 0 Å². The Bertz CT molecular complexity index is 315. The van der Waals surface area contributed by atoms with Crippen molar-refractivity contribution in [3.05, 3.63) is 20.8 Å². The second-order valence-corrected chi connectivity index (χ2v) is 6.59. The lowest BCUT2D eigenvalue weighted by Crippen LogP contribution is -2.41. The van der Waals surface area contributed by atoms with Crippen LogP contribution in [0.25, 0.3) is 0 Å². The Balaban J connectivity index is 1.81. The van der Waals surface area contributed by atoms with Gasteiger partial charge >= 0.3 is 0 Å². The van der Waals surface area contributed by atoms with E-state index in [0.717, 1.165) is 19.4 Å². The Kier molecular flexibility index (Phi) is 4.20. The van der Waals surface area contributed by atoms with E-state index in [-0.39, 0.29) is 6.10 Å². The maximum Gasteiger partial charge on any atom is 0.0701 e. The second kappa shape index (κ2) is 5.43. The van der Waals surface area contributed by atoms with Gasteiger partial charge in [0, 0.05) is 17.5 Å². The number of rotatable bonds is 3. The first kappa shape index (κ1) is 11.6. The smallest absolute Gasteiger partial charge is 0.0701 e. The van der Waals surface area contributed by atoms with E-state index in [0.29, 0.717) is 6.04 Å².